The lowest BCUT2D eigenvalue weighted by Crippen LogP contribution is -2.40. The number of halogens is 2. The van der Waals surface area contributed by atoms with Crippen molar-refractivity contribution in [2.75, 3.05) is 26.7 Å². The molecule has 0 radical (unpaired) electrons. The molecule has 5 heteroatoms. The highest BCUT2D eigenvalue weighted by Crippen LogP contribution is 2.47. The second-order valence-corrected chi connectivity index (χ2v) is 4.64. The van der Waals surface area contributed by atoms with Gasteiger partial charge in [-0.05, 0) is 19.9 Å². The van der Waals surface area contributed by atoms with Crippen molar-refractivity contribution in [3.8, 4) is 0 Å². The van der Waals surface area contributed by atoms with E-state index in [0.29, 0.717) is 6.54 Å². The minimum atomic E-state index is -2.68. The molecule has 1 aliphatic carbocycles. The number of nitrogens with zero attached hydrogens (tertiary/aromatic N) is 1. The van der Waals surface area contributed by atoms with Crippen molar-refractivity contribution >= 4 is 5.91 Å². The first kappa shape index (κ1) is 10.8. The van der Waals surface area contributed by atoms with E-state index in [1.54, 1.807) is 7.05 Å². The third-order valence-corrected chi connectivity index (χ3v) is 3.28. The third kappa shape index (κ3) is 1.97. The number of rotatable bonds is 3. The third-order valence-electron chi connectivity index (χ3n) is 3.28. The van der Waals surface area contributed by atoms with Gasteiger partial charge in [-0.25, -0.2) is 8.78 Å². The number of carbonyl (C=O) groups is 1. The lowest BCUT2D eigenvalue weighted by molar-refractivity contribution is -0.137. The van der Waals surface area contributed by atoms with Gasteiger partial charge in [0.15, 0.2) is 0 Å². The molecule has 1 saturated carbocycles. The molecule has 0 aromatic rings. The first-order chi connectivity index (χ1) is 6.99. The van der Waals surface area contributed by atoms with Crippen molar-refractivity contribution in [2.45, 2.75) is 25.2 Å². The molecule has 2 rings (SSSR count). The molecule has 1 heterocycles. The van der Waals surface area contributed by atoms with Gasteiger partial charge in [0.05, 0.1) is 12.0 Å². The summed E-state index contributed by atoms with van der Waals surface area (Å²) >= 11 is 0. The molecule has 0 unspecified atom stereocenters. The fourth-order valence-electron chi connectivity index (χ4n) is 2.20. The van der Waals surface area contributed by atoms with Crippen molar-refractivity contribution < 1.29 is 13.6 Å². The molecule has 3 nitrogen and oxygen atoms in total. The van der Waals surface area contributed by atoms with Crippen LogP contribution in [0.15, 0.2) is 0 Å². The molecule has 86 valence electrons. The Morgan fingerprint density at radius 3 is 2.47 bits per heavy atom. The predicted octanol–water partition coefficient (Wildman–Crippen LogP) is 0.854. The maximum Gasteiger partial charge on any atom is 0.267 e. The van der Waals surface area contributed by atoms with Gasteiger partial charge in [0.25, 0.3) is 5.92 Å². The Bertz CT molecular complexity index is 277. The maximum atomic E-state index is 12.9. The summed E-state index contributed by atoms with van der Waals surface area (Å²) < 4.78 is 25.9. The fourth-order valence-corrected chi connectivity index (χ4v) is 2.20. The van der Waals surface area contributed by atoms with Crippen molar-refractivity contribution in [3.63, 3.8) is 0 Å². The average molecular weight is 218 g/mol. The van der Waals surface area contributed by atoms with E-state index in [0.717, 1.165) is 12.8 Å². The Kier molecular flexibility index (Phi) is 2.45. The summed E-state index contributed by atoms with van der Waals surface area (Å²) in [5.74, 6) is -2.76. The zero-order valence-corrected chi connectivity index (χ0v) is 8.85. The van der Waals surface area contributed by atoms with Gasteiger partial charge in [0.1, 0.15) is 0 Å². The summed E-state index contributed by atoms with van der Waals surface area (Å²) in [5, 5.41) is 2.96. The van der Waals surface area contributed by atoms with Crippen LogP contribution in [0.25, 0.3) is 0 Å². The minimum absolute atomic E-state index is 0.0889. The number of hydrogen-bond acceptors (Lipinski definition) is 2. The van der Waals surface area contributed by atoms with E-state index in [2.05, 4.69) is 5.32 Å². The zero-order valence-electron chi connectivity index (χ0n) is 8.85. The van der Waals surface area contributed by atoms with Crippen LogP contribution in [0.3, 0.4) is 0 Å². The van der Waals surface area contributed by atoms with Crippen LogP contribution in [0.2, 0.25) is 0 Å². The fraction of sp³-hybridized carbons (Fsp3) is 0.900. The Labute approximate surface area is 87.8 Å². The first-order valence-electron chi connectivity index (χ1n) is 5.31. The van der Waals surface area contributed by atoms with Crippen LogP contribution in [-0.2, 0) is 4.79 Å². The molecule has 0 aromatic carbocycles. The molecule has 0 bridgehead atoms. The number of hydrogen-bond donors (Lipinski definition) is 1. The van der Waals surface area contributed by atoms with E-state index in [4.69, 9.17) is 0 Å². The number of likely N-dealkylation sites (tertiary alicyclic amines) is 1. The van der Waals surface area contributed by atoms with Gasteiger partial charge in [0, 0.05) is 19.5 Å². The molecule has 1 N–H and O–H groups in total. The Morgan fingerprint density at radius 2 is 2.07 bits per heavy atom. The number of nitrogens with one attached hydrogen (secondary N) is 1. The largest absolute Gasteiger partial charge is 0.336 e. The van der Waals surface area contributed by atoms with Crippen LogP contribution in [0.4, 0.5) is 8.78 Å². The molecule has 0 atom stereocenters. The molecule has 0 spiro atoms. The lowest BCUT2D eigenvalue weighted by atomic mass is 10.1. The summed E-state index contributed by atoms with van der Waals surface area (Å²) in [6, 6.07) is 0. The SMILES string of the molecule is CNCC1(C(=O)N2CCC(F)(F)C2)CC1. The van der Waals surface area contributed by atoms with Crippen molar-refractivity contribution in [1.29, 1.82) is 0 Å². The van der Waals surface area contributed by atoms with Gasteiger partial charge >= 0.3 is 0 Å². The highest BCUT2D eigenvalue weighted by molar-refractivity contribution is 5.86. The predicted molar refractivity (Wildman–Crippen MR) is 51.7 cm³/mol. The second kappa shape index (κ2) is 3.40. The minimum Gasteiger partial charge on any atom is -0.336 e. The quantitative estimate of drug-likeness (QED) is 0.761. The second-order valence-electron chi connectivity index (χ2n) is 4.64. The van der Waals surface area contributed by atoms with E-state index < -0.39 is 12.5 Å². The summed E-state index contributed by atoms with van der Waals surface area (Å²) in [6.45, 7) is 0.419. The smallest absolute Gasteiger partial charge is 0.267 e. The topological polar surface area (TPSA) is 32.3 Å². The maximum absolute atomic E-state index is 12.9. The van der Waals surface area contributed by atoms with Gasteiger partial charge in [-0.2, -0.15) is 0 Å². The van der Waals surface area contributed by atoms with Crippen LogP contribution in [0.5, 0.6) is 0 Å². The van der Waals surface area contributed by atoms with Crippen molar-refractivity contribution in [1.82, 2.24) is 10.2 Å². The van der Waals surface area contributed by atoms with Crippen LogP contribution in [-0.4, -0.2) is 43.4 Å². The molecule has 1 saturated heterocycles. The highest BCUT2D eigenvalue weighted by Gasteiger charge is 2.53. The standard InChI is InChI=1S/C10H16F2N2O/c1-13-6-9(2-3-9)8(15)14-5-4-10(11,12)7-14/h13H,2-7H2,1H3. The average Bonchev–Trinajstić information content (AvgIpc) is 2.85. The van der Waals surface area contributed by atoms with Gasteiger partial charge in [0.2, 0.25) is 5.91 Å². The number of amides is 1. The van der Waals surface area contributed by atoms with E-state index >= 15 is 0 Å². The van der Waals surface area contributed by atoms with Crippen LogP contribution < -0.4 is 5.32 Å². The Morgan fingerprint density at radius 1 is 1.40 bits per heavy atom. The van der Waals surface area contributed by atoms with E-state index in [9.17, 15) is 13.6 Å². The molecule has 0 aromatic heterocycles. The first-order valence-corrected chi connectivity index (χ1v) is 5.31. The van der Waals surface area contributed by atoms with Crippen LogP contribution in [0, 0.1) is 5.41 Å². The summed E-state index contributed by atoms with van der Waals surface area (Å²) in [6.07, 6.45) is 1.47. The molecular weight excluding hydrogens is 202 g/mol. The van der Waals surface area contributed by atoms with E-state index in [1.165, 1.54) is 4.90 Å². The summed E-state index contributed by atoms with van der Waals surface area (Å²) in [7, 11) is 1.78. The summed E-state index contributed by atoms with van der Waals surface area (Å²) in [5.41, 5.74) is -0.366. The van der Waals surface area contributed by atoms with Gasteiger partial charge in [-0.3, -0.25) is 4.79 Å². The van der Waals surface area contributed by atoms with Crippen LogP contribution in [0.1, 0.15) is 19.3 Å². The normalized spacial score (nSPS) is 26.7. The molecule has 1 amide bonds. The summed E-state index contributed by atoms with van der Waals surface area (Å²) in [4.78, 5) is 13.3. The number of carbonyl (C=O) groups excluding carboxylic acids is 1. The van der Waals surface area contributed by atoms with Gasteiger partial charge in [-0.15, -0.1) is 0 Å². The Balaban J connectivity index is 1.98. The van der Waals surface area contributed by atoms with Crippen molar-refractivity contribution in [2.24, 2.45) is 5.41 Å². The molecule has 2 fully saturated rings. The monoisotopic (exact) mass is 218 g/mol. The molecule has 15 heavy (non-hydrogen) atoms. The lowest BCUT2D eigenvalue weighted by Gasteiger charge is -2.22. The van der Waals surface area contributed by atoms with Crippen LogP contribution >= 0.6 is 0 Å². The molecule has 1 aliphatic heterocycles. The number of alkyl halides is 2. The highest BCUT2D eigenvalue weighted by atomic mass is 19.3. The van der Waals surface area contributed by atoms with Gasteiger partial charge < -0.3 is 10.2 Å². The van der Waals surface area contributed by atoms with Gasteiger partial charge in [-0.1, -0.05) is 0 Å². The van der Waals surface area contributed by atoms with E-state index in [-0.39, 0.29) is 24.3 Å². The Hall–Kier alpha value is -0.710. The van der Waals surface area contributed by atoms with E-state index in [1.807, 2.05) is 0 Å². The van der Waals surface area contributed by atoms with Crippen molar-refractivity contribution in [3.05, 3.63) is 0 Å². The molecular formula is C10H16F2N2O. The zero-order chi connectivity index (χ0) is 11.1. The molecule has 2 aliphatic rings.